The second-order valence-electron chi connectivity index (χ2n) is 3.04. The van der Waals surface area contributed by atoms with Gasteiger partial charge in [-0.2, -0.15) is 0 Å². The van der Waals surface area contributed by atoms with Crippen LogP contribution in [0.15, 0.2) is 18.5 Å². The topological polar surface area (TPSA) is 46.0 Å². The predicted molar refractivity (Wildman–Crippen MR) is 46.9 cm³/mol. The normalized spacial score (nSPS) is 15.3. The molecule has 0 aliphatic rings. The fourth-order valence-electron chi connectivity index (χ4n) is 1.03. The van der Waals surface area contributed by atoms with E-state index in [1.165, 1.54) is 0 Å². The molecule has 0 amide bonds. The van der Waals surface area contributed by atoms with Crippen LogP contribution in [0.1, 0.15) is 12.7 Å². The lowest BCUT2D eigenvalue weighted by Crippen LogP contribution is -2.19. The minimum Gasteiger partial charge on any atom is -0.393 e. The molecule has 0 saturated carbocycles. The summed E-state index contributed by atoms with van der Waals surface area (Å²) in [5, 5.41) is 8.57. The van der Waals surface area contributed by atoms with Crippen molar-refractivity contribution < 1.29 is 9.50 Å². The zero-order valence-electron chi connectivity index (χ0n) is 7.52. The molecule has 0 aliphatic carbocycles. The molecule has 3 nitrogen and oxygen atoms in total. The van der Waals surface area contributed by atoms with Crippen LogP contribution in [0.2, 0.25) is 0 Å². The van der Waals surface area contributed by atoms with Gasteiger partial charge in [-0.25, -0.2) is 14.4 Å². The average molecular weight is 184 g/mol. The third kappa shape index (κ3) is 3.06. The number of hydrogen-bond donors (Lipinski definition) is 1. The van der Waals surface area contributed by atoms with Gasteiger partial charge in [-0.3, -0.25) is 0 Å². The lowest BCUT2D eigenvalue weighted by Gasteiger charge is -2.12. The van der Waals surface area contributed by atoms with Crippen molar-refractivity contribution in [1.29, 1.82) is 0 Å². The van der Waals surface area contributed by atoms with E-state index in [1.807, 2.05) is 0 Å². The number of aliphatic hydroxyl groups is 1. The Morgan fingerprint density at radius 2 is 2.08 bits per heavy atom. The van der Waals surface area contributed by atoms with E-state index < -0.39 is 12.8 Å². The molecule has 0 aromatic carbocycles. The van der Waals surface area contributed by atoms with E-state index >= 15 is 0 Å². The minimum atomic E-state index is -1.19. The van der Waals surface area contributed by atoms with E-state index in [-0.39, 0.29) is 5.92 Å². The van der Waals surface area contributed by atoms with Gasteiger partial charge in [0.2, 0.25) is 0 Å². The molecule has 13 heavy (non-hydrogen) atoms. The third-order valence-corrected chi connectivity index (χ3v) is 1.92. The van der Waals surface area contributed by atoms with Crippen molar-refractivity contribution in [3.8, 4) is 0 Å². The highest BCUT2D eigenvalue weighted by Crippen LogP contribution is 2.11. The van der Waals surface area contributed by atoms with Crippen LogP contribution in [0, 0.1) is 5.92 Å². The summed E-state index contributed by atoms with van der Waals surface area (Å²) in [6.07, 6.45) is 2.52. The SMILES string of the molecule is C[C@H](Cc1ncccn1)[C@H](F)CO. The fraction of sp³-hybridized carbons (Fsp3) is 0.556. The zero-order valence-corrected chi connectivity index (χ0v) is 7.52. The van der Waals surface area contributed by atoms with Gasteiger partial charge in [0.15, 0.2) is 0 Å². The van der Waals surface area contributed by atoms with Crippen molar-refractivity contribution in [2.75, 3.05) is 6.61 Å². The maximum Gasteiger partial charge on any atom is 0.128 e. The van der Waals surface area contributed by atoms with Gasteiger partial charge in [-0.1, -0.05) is 6.92 Å². The van der Waals surface area contributed by atoms with Crippen LogP contribution in [0.3, 0.4) is 0 Å². The number of aromatic nitrogens is 2. The number of alkyl halides is 1. The van der Waals surface area contributed by atoms with Gasteiger partial charge in [0.25, 0.3) is 0 Å². The van der Waals surface area contributed by atoms with Gasteiger partial charge in [-0.15, -0.1) is 0 Å². The smallest absolute Gasteiger partial charge is 0.128 e. The third-order valence-electron chi connectivity index (χ3n) is 1.92. The van der Waals surface area contributed by atoms with E-state index in [2.05, 4.69) is 9.97 Å². The standard InChI is InChI=1S/C9H13FN2O/c1-7(8(10)6-13)5-9-11-3-2-4-12-9/h2-4,7-8,13H,5-6H2,1H3/t7-,8-/m1/s1. The lowest BCUT2D eigenvalue weighted by molar-refractivity contribution is 0.132. The summed E-state index contributed by atoms with van der Waals surface area (Å²) in [5.74, 6) is 0.374. The second kappa shape index (κ2) is 4.87. The van der Waals surface area contributed by atoms with Gasteiger partial charge in [-0.05, 0) is 12.0 Å². The van der Waals surface area contributed by atoms with Crippen LogP contribution in [-0.2, 0) is 6.42 Å². The zero-order chi connectivity index (χ0) is 9.68. The molecule has 0 unspecified atom stereocenters. The first kappa shape index (κ1) is 10.1. The molecule has 1 aromatic rings. The summed E-state index contributed by atoms with van der Waals surface area (Å²) >= 11 is 0. The summed E-state index contributed by atoms with van der Waals surface area (Å²) in [6, 6.07) is 1.72. The van der Waals surface area contributed by atoms with E-state index in [1.54, 1.807) is 25.4 Å². The first-order chi connectivity index (χ1) is 6.24. The Morgan fingerprint density at radius 1 is 1.46 bits per heavy atom. The van der Waals surface area contributed by atoms with Crippen molar-refractivity contribution in [3.05, 3.63) is 24.3 Å². The van der Waals surface area contributed by atoms with Crippen molar-refractivity contribution in [2.24, 2.45) is 5.92 Å². The molecule has 0 radical (unpaired) electrons. The molecule has 2 atom stereocenters. The molecular weight excluding hydrogens is 171 g/mol. The van der Waals surface area contributed by atoms with Gasteiger partial charge in [0.05, 0.1) is 6.61 Å². The Morgan fingerprint density at radius 3 is 2.62 bits per heavy atom. The van der Waals surface area contributed by atoms with Gasteiger partial charge < -0.3 is 5.11 Å². The molecule has 0 aliphatic heterocycles. The maximum atomic E-state index is 12.9. The van der Waals surface area contributed by atoms with Gasteiger partial charge >= 0.3 is 0 Å². The van der Waals surface area contributed by atoms with E-state index in [0.717, 1.165) is 0 Å². The Bertz CT molecular complexity index is 243. The molecule has 0 bridgehead atoms. The van der Waals surface area contributed by atoms with E-state index in [4.69, 9.17) is 5.11 Å². The first-order valence-corrected chi connectivity index (χ1v) is 4.25. The highest BCUT2D eigenvalue weighted by atomic mass is 19.1. The number of halogens is 1. The van der Waals surface area contributed by atoms with E-state index in [0.29, 0.717) is 12.2 Å². The van der Waals surface area contributed by atoms with Crippen LogP contribution in [0.4, 0.5) is 4.39 Å². The molecule has 0 saturated heterocycles. The molecule has 4 heteroatoms. The van der Waals surface area contributed by atoms with Gasteiger partial charge in [0, 0.05) is 18.8 Å². The fourth-order valence-corrected chi connectivity index (χ4v) is 1.03. The first-order valence-electron chi connectivity index (χ1n) is 4.25. The summed E-state index contributed by atoms with van der Waals surface area (Å²) in [4.78, 5) is 7.95. The average Bonchev–Trinajstić information content (AvgIpc) is 2.18. The number of hydrogen-bond acceptors (Lipinski definition) is 3. The minimum absolute atomic E-state index is 0.243. The van der Waals surface area contributed by atoms with Crippen molar-refractivity contribution in [2.45, 2.75) is 19.5 Å². The Hall–Kier alpha value is -1.03. The van der Waals surface area contributed by atoms with Crippen molar-refractivity contribution >= 4 is 0 Å². The largest absolute Gasteiger partial charge is 0.393 e. The molecule has 1 aromatic heterocycles. The summed E-state index contributed by atoms with van der Waals surface area (Å²) in [6.45, 7) is 1.30. The maximum absolute atomic E-state index is 12.9. The van der Waals surface area contributed by atoms with Crippen molar-refractivity contribution in [3.63, 3.8) is 0 Å². The molecular formula is C9H13FN2O. The summed E-state index contributed by atoms with van der Waals surface area (Å²) in [5.41, 5.74) is 0. The number of rotatable bonds is 4. The van der Waals surface area contributed by atoms with E-state index in [9.17, 15) is 4.39 Å². The molecule has 72 valence electrons. The number of nitrogens with zero attached hydrogens (tertiary/aromatic N) is 2. The van der Waals surface area contributed by atoms with Crippen molar-refractivity contribution in [1.82, 2.24) is 9.97 Å². The molecule has 0 fully saturated rings. The van der Waals surface area contributed by atoms with Gasteiger partial charge in [0.1, 0.15) is 12.0 Å². The van der Waals surface area contributed by atoms with Crippen LogP contribution >= 0.6 is 0 Å². The molecule has 1 rings (SSSR count). The Balaban J connectivity index is 2.50. The van der Waals surface area contributed by atoms with Crippen LogP contribution in [0.25, 0.3) is 0 Å². The lowest BCUT2D eigenvalue weighted by atomic mass is 10.0. The van der Waals surface area contributed by atoms with Crippen LogP contribution < -0.4 is 0 Å². The Kier molecular flexibility index (Phi) is 3.76. The molecule has 1 N–H and O–H groups in total. The highest BCUT2D eigenvalue weighted by molar-refractivity contribution is 4.90. The monoisotopic (exact) mass is 184 g/mol. The number of aliphatic hydroxyl groups excluding tert-OH is 1. The molecule has 1 heterocycles. The Labute approximate surface area is 76.7 Å². The van der Waals surface area contributed by atoms with Crippen LogP contribution in [-0.4, -0.2) is 27.9 Å². The predicted octanol–water partition coefficient (Wildman–Crippen LogP) is 0.986. The van der Waals surface area contributed by atoms with Crippen LogP contribution in [0.5, 0.6) is 0 Å². The highest BCUT2D eigenvalue weighted by Gasteiger charge is 2.16. The second-order valence-corrected chi connectivity index (χ2v) is 3.04. The quantitative estimate of drug-likeness (QED) is 0.758. The summed E-state index contributed by atoms with van der Waals surface area (Å²) in [7, 11) is 0. The molecule has 0 spiro atoms. The summed E-state index contributed by atoms with van der Waals surface area (Å²) < 4.78 is 12.9.